The first-order chi connectivity index (χ1) is 10.1. The van der Waals surface area contributed by atoms with E-state index >= 15 is 0 Å². The number of carbonyl (C=O) groups excluding carboxylic acids is 1. The SMILES string of the molecule is Cc1cccc(C(=O)N(CC2CC2)CC2CCCN2)c1I. The molecule has 1 aromatic rings. The third-order valence-corrected chi connectivity index (χ3v) is 5.92. The molecule has 3 nitrogen and oxygen atoms in total. The minimum atomic E-state index is 0.212. The van der Waals surface area contributed by atoms with E-state index in [0.717, 1.165) is 34.7 Å². The van der Waals surface area contributed by atoms with Crippen molar-refractivity contribution in [3.05, 3.63) is 32.9 Å². The third kappa shape index (κ3) is 3.77. The molecule has 114 valence electrons. The summed E-state index contributed by atoms with van der Waals surface area (Å²) in [6.45, 7) is 4.96. The van der Waals surface area contributed by atoms with Crippen LogP contribution in [0.3, 0.4) is 0 Å². The fraction of sp³-hybridized carbons (Fsp3) is 0.588. The van der Waals surface area contributed by atoms with Gasteiger partial charge in [-0.05, 0) is 79.3 Å². The number of hydrogen-bond acceptors (Lipinski definition) is 2. The number of benzene rings is 1. The van der Waals surface area contributed by atoms with Gasteiger partial charge in [0.25, 0.3) is 5.91 Å². The third-order valence-electron chi connectivity index (χ3n) is 4.49. The van der Waals surface area contributed by atoms with Crippen molar-refractivity contribution in [2.75, 3.05) is 19.6 Å². The van der Waals surface area contributed by atoms with E-state index in [1.165, 1.54) is 31.2 Å². The molecule has 1 atom stereocenters. The van der Waals surface area contributed by atoms with Crippen LogP contribution in [0.15, 0.2) is 18.2 Å². The Labute approximate surface area is 140 Å². The second-order valence-corrected chi connectivity index (χ2v) is 7.46. The van der Waals surface area contributed by atoms with E-state index in [0.29, 0.717) is 6.04 Å². The van der Waals surface area contributed by atoms with E-state index in [1.807, 2.05) is 12.1 Å². The molecule has 1 unspecified atom stereocenters. The standard InChI is InChI=1S/C17H23IN2O/c1-12-4-2-6-15(16(12)18)17(21)20(10-13-7-8-13)11-14-5-3-9-19-14/h2,4,6,13-14,19H,3,5,7-11H2,1H3. The highest BCUT2D eigenvalue weighted by molar-refractivity contribution is 14.1. The molecule has 0 spiro atoms. The van der Waals surface area contributed by atoms with Crippen LogP contribution in [-0.2, 0) is 0 Å². The molecule has 1 saturated heterocycles. The summed E-state index contributed by atoms with van der Waals surface area (Å²) in [5, 5.41) is 3.52. The minimum Gasteiger partial charge on any atom is -0.337 e. The number of rotatable bonds is 5. The number of aryl methyl sites for hydroxylation is 1. The van der Waals surface area contributed by atoms with Crippen LogP contribution in [0.5, 0.6) is 0 Å². The van der Waals surface area contributed by atoms with Crippen molar-refractivity contribution < 1.29 is 4.79 Å². The Kier molecular flexibility index (Phi) is 4.84. The molecule has 1 amide bonds. The number of nitrogens with zero attached hydrogens (tertiary/aromatic N) is 1. The van der Waals surface area contributed by atoms with Crippen LogP contribution in [-0.4, -0.2) is 36.5 Å². The molecular formula is C17H23IN2O. The van der Waals surface area contributed by atoms with Crippen LogP contribution in [0.4, 0.5) is 0 Å². The number of nitrogens with one attached hydrogen (secondary N) is 1. The van der Waals surface area contributed by atoms with Crippen molar-refractivity contribution in [2.24, 2.45) is 5.92 Å². The second-order valence-electron chi connectivity index (χ2n) is 6.38. The van der Waals surface area contributed by atoms with Crippen LogP contribution in [0, 0.1) is 16.4 Å². The maximum Gasteiger partial charge on any atom is 0.255 e. The molecule has 4 heteroatoms. The molecule has 1 saturated carbocycles. The predicted octanol–water partition coefficient (Wildman–Crippen LogP) is 3.20. The molecule has 2 fully saturated rings. The highest BCUT2D eigenvalue weighted by Gasteiger charge is 2.30. The van der Waals surface area contributed by atoms with E-state index in [9.17, 15) is 4.79 Å². The van der Waals surface area contributed by atoms with Gasteiger partial charge in [0.15, 0.2) is 0 Å². The van der Waals surface area contributed by atoms with Crippen molar-refractivity contribution in [3.63, 3.8) is 0 Å². The summed E-state index contributed by atoms with van der Waals surface area (Å²) in [4.78, 5) is 15.1. The largest absolute Gasteiger partial charge is 0.337 e. The number of hydrogen-bond donors (Lipinski definition) is 1. The summed E-state index contributed by atoms with van der Waals surface area (Å²) in [5.74, 6) is 0.946. The van der Waals surface area contributed by atoms with Crippen molar-refractivity contribution in [1.82, 2.24) is 10.2 Å². The molecule has 0 bridgehead atoms. The van der Waals surface area contributed by atoms with Gasteiger partial charge >= 0.3 is 0 Å². The molecule has 1 aliphatic carbocycles. The van der Waals surface area contributed by atoms with Gasteiger partial charge in [-0.3, -0.25) is 4.79 Å². The van der Waals surface area contributed by atoms with Crippen LogP contribution in [0.1, 0.15) is 41.6 Å². The lowest BCUT2D eigenvalue weighted by molar-refractivity contribution is 0.0732. The molecule has 0 radical (unpaired) electrons. The summed E-state index contributed by atoms with van der Waals surface area (Å²) < 4.78 is 1.10. The average Bonchev–Trinajstić information content (AvgIpc) is 3.14. The highest BCUT2D eigenvalue weighted by atomic mass is 127. The lowest BCUT2D eigenvalue weighted by Gasteiger charge is -2.26. The highest BCUT2D eigenvalue weighted by Crippen LogP contribution is 2.31. The van der Waals surface area contributed by atoms with E-state index in [4.69, 9.17) is 0 Å². The molecule has 1 aromatic carbocycles. The van der Waals surface area contributed by atoms with Gasteiger partial charge in [-0.25, -0.2) is 0 Å². The summed E-state index contributed by atoms with van der Waals surface area (Å²) in [7, 11) is 0. The van der Waals surface area contributed by atoms with Gasteiger partial charge in [-0.1, -0.05) is 12.1 Å². The van der Waals surface area contributed by atoms with E-state index in [-0.39, 0.29) is 5.91 Å². The zero-order valence-electron chi connectivity index (χ0n) is 12.6. The van der Waals surface area contributed by atoms with E-state index < -0.39 is 0 Å². The molecule has 21 heavy (non-hydrogen) atoms. The summed E-state index contributed by atoms with van der Waals surface area (Å²) in [5.41, 5.74) is 2.06. The second kappa shape index (κ2) is 6.65. The van der Waals surface area contributed by atoms with Crippen LogP contribution >= 0.6 is 22.6 Å². The van der Waals surface area contributed by atoms with Crippen LogP contribution < -0.4 is 5.32 Å². The van der Waals surface area contributed by atoms with Crippen LogP contribution in [0.2, 0.25) is 0 Å². The van der Waals surface area contributed by atoms with Crippen molar-refractivity contribution in [3.8, 4) is 0 Å². The molecule has 1 aliphatic heterocycles. The molecule has 2 aliphatic rings. The average molecular weight is 398 g/mol. The fourth-order valence-corrected chi connectivity index (χ4v) is 3.60. The predicted molar refractivity (Wildman–Crippen MR) is 93.5 cm³/mol. The molecule has 3 rings (SSSR count). The van der Waals surface area contributed by atoms with Gasteiger partial charge in [-0.15, -0.1) is 0 Å². The number of amides is 1. The number of halogens is 1. The quantitative estimate of drug-likeness (QED) is 0.773. The van der Waals surface area contributed by atoms with Crippen molar-refractivity contribution in [1.29, 1.82) is 0 Å². The van der Waals surface area contributed by atoms with Gasteiger partial charge in [0.2, 0.25) is 0 Å². The zero-order chi connectivity index (χ0) is 14.8. The molecule has 1 N–H and O–H groups in total. The van der Waals surface area contributed by atoms with Crippen molar-refractivity contribution >= 4 is 28.5 Å². The van der Waals surface area contributed by atoms with Crippen molar-refractivity contribution in [2.45, 2.75) is 38.6 Å². The molecule has 0 aromatic heterocycles. The first-order valence-corrected chi connectivity index (χ1v) is 9.01. The monoisotopic (exact) mass is 398 g/mol. The summed E-state index contributed by atoms with van der Waals surface area (Å²) >= 11 is 2.30. The smallest absolute Gasteiger partial charge is 0.255 e. The lowest BCUT2D eigenvalue weighted by atomic mass is 10.1. The first kappa shape index (κ1) is 15.3. The van der Waals surface area contributed by atoms with Gasteiger partial charge < -0.3 is 10.2 Å². The maximum atomic E-state index is 13.0. The van der Waals surface area contributed by atoms with E-state index in [2.05, 4.69) is 45.8 Å². The number of carbonyl (C=O) groups is 1. The van der Waals surface area contributed by atoms with E-state index in [1.54, 1.807) is 0 Å². The molecule has 1 heterocycles. The Balaban J connectivity index is 1.76. The topological polar surface area (TPSA) is 32.3 Å². The fourth-order valence-electron chi connectivity index (χ4n) is 3.01. The maximum absolute atomic E-state index is 13.0. The van der Waals surface area contributed by atoms with Gasteiger partial charge in [0.05, 0.1) is 5.56 Å². The van der Waals surface area contributed by atoms with Gasteiger partial charge in [0, 0.05) is 22.7 Å². The van der Waals surface area contributed by atoms with Gasteiger partial charge in [-0.2, -0.15) is 0 Å². The Bertz CT molecular complexity index is 522. The van der Waals surface area contributed by atoms with Gasteiger partial charge in [0.1, 0.15) is 0 Å². The summed E-state index contributed by atoms with van der Waals surface area (Å²) in [6.07, 6.45) is 5.00. The lowest BCUT2D eigenvalue weighted by Crippen LogP contribution is -2.42. The Hall–Kier alpha value is -0.620. The normalized spacial score (nSPS) is 21.5. The minimum absolute atomic E-state index is 0.212. The van der Waals surface area contributed by atoms with Crippen LogP contribution in [0.25, 0.3) is 0 Å². The Morgan fingerprint density at radius 2 is 2.14 bits per heavy atom. The Morgan fingerprint density at radius 1 is 1.33 bits per heavy atom. The molecular weight excluding hydrogens is 375 g/mol. The first-order valence-electron chi connectivity index (χ1n) is 7.93. The zero-order valence-corrected chi connectivity index (χ0v) is 14.7. The Morgan fingerprint density at radius 3 is 2.81 bits per heavy atom. The summed E-state index contributed by atoms with van der Waals surface area (Å²) in [6, 6.07) is 6.52.